The maximum atomic E-state index is 11.6. The number of rotatable bonds is 5. The lowest BCUT2D eigenvalue weighted by atomic mass is 10.2. The largest absolute Gasteiger partial charge is 0.326 e. The molecule has 5 heteroatoms. The van der Waals surface area contributed by atoms with Gasteiger partial charge >= 0.3 is 0 Å². The van der Waals surface area contributed by atoms with Gasteiger partial charge in [0.15, 0.2) is 0 Å². The first-order valence-electron chi connectivity index (χ1n) is 7.07. The second-order valence-electron chi connectivity index (χ2n) is 4.78. The molecule has 0 radical (unpaired) electrons. The Morgan fingerprint density at radius 3 is 2.30 bits per heavy atom. The number of carbonyl (C=O) groups excluding carboxylic acids is 2. The fraction of sp³-hybridized carbons (Fsp3) is 0.0556. The fourth-order valence-corrected chi connectivity index (χ4v) is 1.80. The van der Waals surface area contributed by atoms with Crippen molar-refractivity contribution in [2.24, 2.45) is 5.10 Å². The zero-order chi connectivity index (χ0) is 16.5. The van der Waals surface area contributed by atoms with E-state index in [1.807, 2.05) is 30.3 Å². The van der Waals surface area contributed by atoms with Crippen LogP contribution in [-0.2, 0) is 9.59 Å². The van der Waals surface area contributed by atoms with Gasteiger partial charge in [-0.3, -0.25) is 9.59 Å². The minimum Gasteiger partial charge on any atom is -0.326 e. The van der Waals surface area contributed by atoms with Crippen LogP contribution in [0.1, 0.15) is 18.1 Å². The number of anilines is 1. The van der Waals surface area contributed by atoms with Crippen LogP contribution in [0.2, 0.25) is 0 Å². The van der Waals surface area contributed by atoms with Crippen LogP contribution < -0.4 is 10.7 Å². The lowest BCUT2D eigenvalue weighted by Crippen LogP contribution is -2.14. The molecule has 0 fully saturated rings. The number of hydrogen-bond donors (Lipinski definition) is 2. The van der Waals surface area contributed by atoms with E-state index in [2.05, 4.69) is 15.8 Å². The third-order valence-corrected chi connectivity index (χ3v) is 2.85. The summed E-state index contributed by atoms with van der Waals surface area (Å²) >= 11 is 0. The van der Waals surface area contributed by atoms with Crippen molar-refractivity contribution in [1.29, 1.82) is 0 Å². The Hall–Kier alpha value is -3.21. The fourth-order valence-electron chi connectivity index (χ4n) is 1.80. The second-order valence-corrected chi connectivity index (χ2v) is 4.78. The highest BCUT2D eigenvalue weighted by molar-refractivity contribution is 5.93. The van der Waals surface area contributed by atoms with Crippen molar-refractivity contribution >= 4 is 29.8 Å². The van der Waals surface area contributed by atoms with Crippen molar-refractivity contribution in [2.75, 3.05) is 5.32 Å². The van der Waals surface area contributed by atoms with E-state index in [1.54, 1.807) is 30.3 Å². The maximum absolute atomic E-state index is 11.6. The highest BCUT2D eigenvalue weighted by atomic mass is 16.2. The molecule has 2 aromatic rings. The Morgan fingerprint density at radius 1 is 0.957 bits per heavy atom. The topological polar surface area (TPSA) is 70.6 Å². The maximum Gasteiger partial charge on any atom is 0.264 e. The Bertz CT molecular complexity index is 720. The summed E-state index contributed by atoms with van der Waals surface area (Å²) in [5.74, 6) is -0.427. The molecule has 0 aliphatic rings. The Labute approximate surface area is 134 Å². The first-order valence-corrected chi connectivity index (χ1v) is 7.07. The molecule has 0 aliphatic carbocycles. The molecule has 0 bridgehead atoms. The van der Waals surface area contributed by atoms with Crippen LogP contribution in [0, 0.1) is 0 Å². The number of nitrogens with one attached hydrogen (secondary N) is 2. The molecule has 2 amide bonds. The molecule has 2 aromatic carbocycles. The first-order chi connectivity index (χ1) is 11.1. The molecule has 0 atom stereocenters. The van der Waals surface area contributed by atoms with Crippen LogP contribution in [0.5, 0.6) is 0 Å². The third-order valence-electron chi connectivity index (χ3n) is 2.85. The first kappa shape index (κ1) is 16.2. The molecule has 0 heterocycles. The molecular formula is C18H17N3O2. The summed E-state index contributed by atoms with van der Waals surface area (Å²) in [6, 6.07) is 16.6. The number of carbonyl (C=O) groups is 2. The zero-order valence-electron chi connectivity index (χ0n) is 12.7. The van der Waals surface area contributed by atoms with E-state index in [1.165, 1.54) is 19.2 Å². The molecule has 116 valence electrons. The highest BCUT2D eigenvalue weighted by Gasteiger charge is 1.95. The van der Waals surface area contributed by atoms with Gasteiger partial charge in [0.1, 0.15) is 0 Å². The summed E-state index contributed by atoms with van der Waals surface area (Å²) < 4.78 is 0. The Kier molecular flexibility index (Phi) is 5.82. The lowest BCUT2D eigenvalue weighted by molar-refractivity contribution is -0.116. The average molecular weight is 307 g/mol. The summed E-state index contributed by atoms with van der Waals surface area (Å²) in [6.07, 6.45) is 4.67. The minimum atomic E-state index is -0.306. The summed E-state index contributed by atoms with van der Waals surface area (Å²) in [6.45, 7) is 1.45. The van der Waals surface area contributed by atoms with Crippen molar-refractivity contribution in [3.05, 3.63) is 71.8 Å². The highest BCUT2D eigenvalue weighted by Crippen LogP contribution is 2.07. The van der Waals surface area contributed by atoms with Crippen molar-refractivity contribution in [1.82, 2.24) is 5.43 Å². The summed E-state index contributed by atoms with van der Waals surface area (Å²) in [5.41, 5.74) is 4.89. The van der Waals surface area contributed by atoms with Gasteiger partial charge in [-0.1, -0.05) is 42.5 Å². The number of hydrogen-bond acceptors (Lipinski definition) is 3. The van der Waals surface area contributed by atoms with Gasteiger partial charge < -0.3 is 5.32 Å². The molecule has 5 nitrogen and oxygen atoms in total. The molecule has 23 heavy (non-hydrogen) atoms. The molecule has 0 aliphatic heterocycles. The monoisotopic (exact) mass is 307 g/mol. The Balaban J connectivity index is 1.85. The van der Waals surface area contributed by atoms with E-state index in [9.17, 15) is 9.59 Å². The number of benzene rings is 2. The van der Waals surface area contributed by atoms with Crippen molar-refractivity contribution in [2.45, 2.75) is 6.92 Å². The quantitative estimate of drug-likeness (QED) is 0.506. The van der Waals surface area contributed by atoms with Gasteiger partial charge in [0, 0.05) is 18.7 Å². The molecular weight excluding hydrogens is 290 g/mol. The molecule has 0 aromatic heterocycles. The van der Waals surface area contributed by atoms with Crippen LogP contribution in [0.4, 0.5) is 5.69 Å². The molecule has 0 saturated carbocycles. The van der Waals surface area contributed by atoms with Crippen LogP contribution in [-0.4, -0.2) is 18.0 Å². The van der Waals surface area contributed by atoms with Crippen LogP contribution in [0.15, 0.2) is 65.8 Å². The summed E-state index contributed by atoms with van der Waals surface area (Å²) in [4.78, 5) is 22.5. The molecule has 0 unspecified atom stereocenters. The van der Waals surface area contributed by atoms with Gasteiger partial charge in [0.25, 0.3) is 5.91 Å². The van der Waals surface area contributed by atoms with Gasteiger partial charge in [-0.05, 0) is 29.3 Å². The van der Waals surface area contributed by atoms with E-state index >= 15 is 0 Å². The minimum absolute atomic E-state index is 0.121. The molecule has 2 N–H and O–H groups in total. The number of hydrazone groups is 1. The molecule has 0 spiro atoms. The van der Waals surface area contributed by atoms with E-state index in [-0.39, 0.29) is 11.8 Å². The van der Waals surface area contributed by atoms with Crippen LogP contribution in [0.25, 0.3) is 6.08 Å². The van der Waals surface area contributed by atoms with E-state index in [0.29, 0.717) is 5.69 Å². The second kappa shape index (κ2) is 8.29. The average Bonchev–Trinajstić information content (AvgIpc) is 2.55. The summed E-state index contributed by atoms with van der Waals surface area (Å²) in [5, 5.41) is 6.56. The van der Waals surface area contributed by atoms with Crippen LogP contribution in [0.3, 0.4) is 0 Å². The standard InChI is InChI=1S/C18H17N3O2/c1-14(22)20-17-10-7-16(8-11-17)13-19-21-18(23)12-9-15-5-3-2-4-6-15/h2-13H,1H3,(H,20,22)(H,21,23)/b12-9+,19-13-. The van der Waals surface area contributed by atoms with Crippen molar-refractivity contribution in [3.63, 3.8) is 0 Å². The third kappa shape index (κ3) is 5.97. The van der Waals surface area contributed by atoms with E-state index in [0.717, 1.165) is 11.1 Å². The van der Waals surface area contributed by atoms with Crippen molar-refractivity contribution in [3.8, 4) is 0 Å². The number of amides is 2. The zero-order valence-corrected chi connectivity index (χ0v) is 12.7. The van der Waals surface area contributed by atoms with Gasteiger partial charge in [0.2, 0.25) is 5.91 Å². The predicted molar refractivity (Wildman–Crippen MR) is 92.0 cm³/mol. The van der Waals surface area contributed by atoms with Gasteiger partial charge in [-0.2, -0.15) is 5.10 Å². The van der Waals surface area contributed by atoms with Crippen LogP contribution >= 0.6 is 0 Å². The van der Waals surface area contributed by atoms with Gasteiger partial charge in [0.05, 0.1) is 6.21 Å². The molecule has 2 rings (SSSR count). The Morgan fingerprint density at radius 2 is 1.65 bits per heavy atom. The summed E-state index contributed by atoms with van der Waals surface area (Å²) in [7, 11) is 0. The SMILES string of the molecule is CC(=O)Nc1ccc(/C=N\NC(=O)/C=C/c2ccccc2)cc1. The smallest absolute Gasteiger partial charge is 0.264 e. The van der Waals surface area contributed by atoms with Gasteiger partial charge in [-0.25, -0.2) is 5.43 Å². The van der Waals surface area contributed by atoms with E-state index in [4.69, 9.17) is 0 Å². The predicted octanol–water partition coefficient (Wildman–Crippen LogP) is 2.81. The van der Waals surface area contributed by atoms with E-state index < -0.39 is 0 Å². The normalized spacial score (nSPS) is 10.8. The molecule has 0 saturated heterocycles. The lowest BCUT2D eigenvalue weighted by Gasteiger charge is -2.01. The van der Waals surface area contributed by atoms with Crippen molar-refractivity contribution < 1.29 is 9.59 Å². The number of nitrogens with zero attached hydrogens (tertiary/aromatic N) is 1. The van der Waals surface area contributed by atoms with Gasteiger partial charge in [-0.15, -0.1) is 0 Å².